The van der Waals surface area contributed by atoms with Gasteiger partial charge in [0.15, 0.2) is 0 Å². The Balaban J connectivity index is 1.73. The maximum Gasteiger partial charge on any atom is 0.306 e. The fourth-order valence-corrected chi connectivity index (χ4v) is 2.54. The number of carboxylic acids is 1. The number of carbonyl (C=O) groups is 2. The first-order valence-corrected chi connectivity index (χ1v) is 6.60. The van der Waals surface area contributed by atoms with Gasteiger partial charge in [0.25, 0.3) is 0 Å². The summed E-state index contributed by atoms with van der Waals surface area (Å²) in [6.07, 6.45) is 1.31. The van der Waals surface area contributed by atoms with Crippen LogP contribution in [0.25, 0.3) is 0 Å². The Hall–Kier alpha value is -1.14. The van der Waals surface area contributed by atoms with Gasteiger partial charge >= 0.3 is 5.97 Å². The third-order valence-electron chi connectivity index (χ3n) is 3.77. The molecule has 0 unspecified atom stereocenters. The lowest BCUT2D eigenvalue weighted by Crippen LogP contribution is -2.50. The first-order chi connectivity index (χ1) is 8.66. The second-order valence-corrected chi connectivity index (χ2v) is 5.02. The van der Waals surface area contributed by atoms with Gasteiger partial charge in [-0.3, -0.25) is 14.5 Å². The van der Waals surface area contributed by atoms with Crippen LogP contribution in [0, 0.1) is 5.92 Å². The van der Waals surface area contributed by atoms with Crippen LogP contribution in [0.15, 0.2) is 0 Å². The monoisotopic (exact) mass is 255 g/mol. The van der Waals surface area contributed by atoms with Crippen molar-refractivity contribution < 1.29 is 14.7 Å². The molecule has 102 valence electrons. The number of hydrogen-bond donors (Lipinski definition) is 2. The molecule has 0 radical (unpaired) electrons. The first kappa shape index (κ1) is 13.3. The number of piperidine rings is 1. The molecule has 0 aliphatic carbocycles. The van der Waals surface area contributed by atoms with Crippen LogP contribution in [0.1, 0.15) is 12.8 Å². The summed E-state index contributed by atoms with van der Waals surface area (Å²) in [5.74, 6) is -0.760. The van der Waals surface area contributed by atoms with Crippen LogP contribution in [0.2, 0.25) is 0 Å². The highest BCUT2D eigenvalue weighted by Gasteiger charge is 2.26. The molecule has 2 saturated heterocycles. The highest BCUT2D eigenvalue weighted by Crippen LogP contribution is 2.17. The summed E-state index contributed by atoms with van der Waals surface area (Å²) in [5.41, 5.74) is 0. The van der Waals surface area contributed by atoms with E-state index < -0.39 is 5.97 Å². The number of rotatable bonds is 3. The molecule has 2 N–H and O–H groups in total. The van der Waals surface area contributed by atoms with E-state index in [-0.39, 0.29) is 11.8 Å². The fraction of sp³-hybridized carbons (Fsp3) is 0.833. The number of amides is 1. The van der Waals surface area contributed by atoms with Crippen molar-refractivity contribution in [3.63, 3.8) is 0 Å². The van der Waals surface area contributed by atoms with Crippen molar-refractivity contribution in [1.82, 2.24) is 15.1 Å². The van der Waals surface area contributed by atoms with E-state index in [4.69, 9.17) is 5.11 Å². The minimum atomic E-state index is -0.705. The van der Waals surface area contributed by atoms with E-state index in [1.165, 1.54) is 0 Å². The van der Waals surface area contributed by atoms with E-state index in [0.29, 0.717) is 19.4 Å². The first-order valence-electron chi connectivity index (χ1n) is 6.60. The number of likely N-dealkylation sites (tertiary alicyclic amines) is 1. The predicted octanol–water partition coefficient (Wildman–Crippen LogP) is -0.785. The molecule has 0 aromatic carbocycles. The van der Waals surface area contributed by atoms with Crippen LogP contribution in [0.3, 0.4) is 0 Å². The van der Waals surface area contributed by atoms with Gasteiger partial charge in [-0.1, -0.05) is 0 Å². The Kier molecular flexibility index (Phi) is 4.54. The lowest BCUT2D eigenvalue weighted by Gasteiger charge is -2.33. The van der Waals surface area contributed by atoms with E-state index in [0.717, 1.165) is 39.3 Å². The Morgan fingerprint density at radius 3 is 2.28 bits per heavy atom. The molecule has 1 amide bonds. The number of carbonyl (C=O) groups excluding carboxylic acids is 1. The quantitative estimate of drug-likeness (QED) is 0.692. The third kappa shape index (κ3) is 3.43. The van der Waals surface area contributed by atoms with E-state index in [1.807, 2.05) is 4.90 Å². The van der Waals surface area contributed by atoms with Gasteiger partial charge in [0.05, 0.1) is 12.5 Å². The maximum atomic E-state index is 12.0. The molecule has 2 heterocycles. The molecule has 2 fully saturated rings. The number of nitrogens with one attached hydrogen (secondary N) is 1. The highest BCUT2D eigenvalue weighted by atomic mass is 16.4. The SMILES string of the molecule is O=C(O)C1CCN(CC(=O)N2CCNCC2)CC1. The molecular weight excluding hydrogens is 234 g/mol. The van der Waals surface area contributed by atoms with E-state index in [9.17, 15) is 9.59 Å². The maximum absolute atomic E-state index is 12.0. The Labute approximate surface area is 107 Å². The summed E-state index contributed by atoms with van der Waals surface area (Å²) in [7, 11) is 0. The number of hydrogen-bond acceptors (Lipinski definition) is 4. The summed E-state index contributed by atoms with van der Waals surface area (Å²) < 4.78 is 0. The molecule has 0 aromatic heterocycles. The molecule has 0 atom stereocenters. The lowest BCUT2D eigenvalue weighted by molar-refractivity contribution is -0.143. The zero-order valence-electron chi connectivity index (χ0n) is 10.6. The Morgan fingerprint density at radius 1 is 1.11 bits per heavy atom. The van der Waals surface area contributed by atoms with Gasteiger partial charge in [-0.2, -0.15) is 0 Å². The van der Waals surface area contributed by atoms with Gasteiger partial charge in [-0.25, -0.2) is 0 Å². The van der Waals surface area contributed by atoms with Crippen molar-refractivity contribution in [3.8, 4) is 0 Å². The molecule has 0 aromatic rings. The number of nitrogens with zero attached hydrogens (tertiary/aromatic N) is 2. The summed E-state index contributed by atoms with van der Waals surface area (Å²) in [6.45, 7) is 5.17. The van der Waals surface area contributed by atoms with Crippen molar-refractivity contribution in [2.45, 2.75) is 12.8 Å². The topological polar surface area (TPSA) is 72.9 Å². The summed E-state index contributed by atoms with van der Waals surface area (Å²) in [6, 6.07) is 0. The van der Waals surface area contributed by atoms with E-state index >= 15 is 0 Å². The van der Waals surface area contributed by atoms with Gasteiger partial charge in [-0.15, -0.1) is 0 Å². The average molecular weight is 255 g/mol. The Bertz CT molecular complexity index is 308. The van der Waals surface area contributed by atoms with Crippen molar-refractivity contribution in [1.29, 1.82) is 0 Å². The number of piperazine rings is 1. The second kappa shape index (κ2) is 6.15. The average Bonchev–Trinajstić information content (AvgIpc) is 2.40. The molecule has 6 nitrogen and oxygen atoms in total. The van der Waals surface area contributed by atoms with Crippen molar-refractivity contribution in [2.24, 2.45) is 5.92 Å². The third-order valence-corrected chi connectivity index (χ3v) is 3.77. The van der Waals surface area contributed by atoms with Gasteiger partial charge in [0, 0.05) is 26.2 Å². The van der Waals surface area contributed by atoms with Crippen LogP contribution in [0.4, 0.5) is 0 Å². The molecule has 2 aliphatic heterocycles. The smallest absolute Gasteiger partial charge is 0.306 e. The van der Waals surface area contributed by atoms with Crippen molar-refractivity contribution in [3.05, 3.63) is 0 Å². The molecule has 2 aliphatic rings. The largest absolute Gasteiger partial charge is 0.481 e. The van der Waals surface area contributed by atoms with Crippen LogP contribution in [-0.4, -0.2) is 72.6 Å². The standard InChI is InChI=1S/C12H21N3O3/c16-11(15-7-3-13-4-8-15)9-14-5-1-10(2-6-14)12(17)18/h10,13H,1-9H2,(H,17,18). The summed E-state index contributed by atoms with van der Waals surface area (Å²) in [4.78, 5) is 26.8. The highest BCUT2D eigenvalue weighted by molar-refractivity contribution is 5.78. The van der Waals surface area contributed by atoms with Gasteiger partial charge in [0.2, 0.25) is 5.91 Å². The number of aliphatic carboxylic acids is 1. The molecule has 0 bridgehead atoms. The van der Waals surface area contributed by atoms with Crippen molar-refractivity contribution >= 4 is 11.9 Å². The molecular formula is C12H21N3O3. The summed E-state index contributed by atoms with van der Waals surface area (Å²) >= 11 is 0. The van der Waals surface area contributed by atoms with Crippen LogP contribution in [0.5, 0.6) is 0 Å². The van der Waals surface area contributed by atoms with Crippen LogP contribution < -0.4 is 5.32 Å². The normalized spacial score (nSPS) is 23.0. The second-order valence-electron chi connectivity index (χ2n) is 5.02. The molecule has 2 rings (SSSR count). The molecule has 6 heteroatoms. The Morgan fingerprint density at radius 2 is 1.72 bits per heavy atom. The summed E-state index contributed by atoms with van der Waals surface area (Å²) in [5, 5.41) is 12.1. The minimum Gasteiger partial charge on any atom is -0.481 e. The van der Waals surface area contributed by atoms with E-state index in [1.54, 1.807) is 0 Å². The zero-order chi connectivity index (χ0) is 13.0. The minimum absolute atomic E-state index is 0.172. The van der Waals surface area contributed by atoms with E-state index in [2.05, 4.69) is 10.2 Å². The molecule has 0 saturated carbocycles. The predicted molar refractivity (Wildman–Crippen MR) is 66.2 cm³/mol. The van der Waals surface area contributed by atoms with Crippen LogP contribution in [-0.2, 0) is 9.59 Å². The van der Waals surface area contributed by atoms with Gasteiger partial charge in [-0.05, 0) is 25.9 Å². The van der Waals surface area contributed by atoms with Crippen molar-refractivity contribution in [2.75, 3.05) is 45.8 Å². The zero-order valence-corrected chi connectivity index (χ0v) is 10.6. The fourth-order valence-electron chi connectivity index (χ4n) is 2.54. The molecule has 18 heavy (non-hydrogen) atoms. The number of carboxylic acid groups (broad SMARTS) is 1. The van der Waals surface area contributed by atoms with Crippen LogP contribution >= 0.6 is 0 Å². The van der Waals surface area contributed by atoms with Gasteiger partial charge < -0.3 is 15.3 Å². The van der Waals surface area contributed by atoms with Gasteiger partial charge in [0.1, 0.15) is 0 Å². The lowest BCUT2D eigenvalue weighted by atomic mass is 9.97. The molecule has 0 spiro atoms.